The molecule has 2 aromatic carbocycles. The molecule has 148 valence electrons. The van der Waals surface area contributed by atoms with Gasteiger partial charge in [-0.1, -0.05) is 56.3 Å². The molecular weight excluding hydrogens is 364 g/mol. The smallest absolute Gasteiger partial charge is 0.212 e. The summed E-state index contributed by atoms with van der Waals surface area (Å²) in [6, 6.07) is 21.9. The van der Waals surface area contributed by atoms with Crippen molar-refractivity contribution < 1.29 is 4.57 Å². The largest absolute Gasteiger partial charge is 0.260 e. The van der Waals surface area contributed by atoms with E-state index < -0.39 is 0 Å². The highest BCUT2D eigenvalue weighted by atomic mass is 14.9. The average Bonchev–Trinajstić information content (AvgIpc) is 2.96. The minimum atomic E-state index is -0.0650. The summed E-state index contributed by atoms with van der Waals surface area (Å²) < 4.78 is 2.26. The molecule has 0 spiro atoms. The van der Waals surface area contributed by atoms with Gasteiger partial charge in [0.15, 0.2) is 6.20 Å². The molecule has 0 N–H and O–H groups in total. The topological polar surface area (TPSA) is 16.8 Å². The Balaban J connectivity index is 1.70. The molecule has 0 amide bonds. The lowest BCUT2D eigenvalue weighted by Crippen LogP contribution is -2.31. The first-order valence-electron chi connectivity index (χ1n) is 10.5. The lowest BCUT2D eigenvalue weighted by molar-refractivity contribution is -0.660. The van der Waals surface area contributed by atoms with Gasteiger partial charge in [-0.25, -0.2) is 4.57 Å². The molecule has 0 atom stereocenters. The van der Waals surface area contributed by atoms with Gasteiger partial charge in [0.1, 0.15) is 7.05 Å². The average molecular weight is 392 g/mol. The molecule has 5 rings (SSSR count). The maximum atomic E-state index is 4.73. The zero-order valence-corrected chi connectivity index (χ0v) is 18.3. The number of hydrogen-bond acceptors (Lipinski definition) is 1. The monoisotopic (exact) mass is 391 g/mol. The molecule has 0 bridgehead atoms. The van der Waals surface area contributed by atoms with Gasteiger partial charge < -0.3 is 0 Å². The van der Waals surface area contributed by atoms with Gasteiger partial charge in [0.05, 0.1) is 5.69 Å². The maximum Gasteiger partial charge on any atom is 0.212 e. The summed E-state index contributed by atoms with van der Waals surface area (Å²) in [5.74, 6) is 0. The molecule has 4 aromatic rings. The number of hydrogen-bond donors (Lipinski definition) is 0. The minimum absolute atomic E-state index is 0.0650. The Kier molecular flexibility index (Phi) is 4.14. The van der Waals surface area contributed by atoms with Crippen LogP contribution in [0.4, 0.5) is 0 Å². The van der Waals surface area contributed by atoms with E-state index >= 15 is 0 Å². The van der Waals surface area contributed by atoms with E-state index in [2.05, 4.69) is 100 Å². The van der Waals surface area contributed by atoms with Crippen LogP contribution in [0.1, 0.15) is 36.2 Å². The van der Waals surface area contributed by atoms with Gasteiger partial charge >= 0.3 is 0 Å². The molecular formula is C28H27N2+. The van der Waals surface area contributed by atoms with Crippen molar-refractivity contribution in [1.29, 1.82) is 0 Å². The highest BCUT2D eigenvalue weighted by Gasteiger charge is 2.37. The molecule has 0 saturated carbocycles. The van der Waals surface area contributed by atoms with Crippen LogP contribution in [0.15, 0.2) is 73.1 Å². The van der Waals surface area contributed by atoms with Crippen LogP contribution >= 0.6 is 0 Å². The zero-order valence-electron chi connectivity index (χ0n) is 18.3. The Bertz CT molecular complexity index is 1280. The number of fused-ring (bicyclic) bond motifs is 3. The number of rotatable bonds is 2. The lowest BCUT2D eigenvalue weighted by Gasteiger charge is -2.21. The van der Waals surface area contributed by atoms with Gasteiger partial charge in [-0.3, -0.25) is 4.98 Å². The third-order valence-electron chi connectivity index (χ3n) is 6.57. The first-order chi connectivity index (χ1) is 14.4. The van der Waals surface area contributed by atoms with Crippen molar-refractivity contribution in [3.63, 3.8) is 0 Å². The van der Waals surface area contributed by atoms with Crippen LogP contribution in [0.5, 0.6) is 0 Å². The van der Waals surface area contributed by atoms with Gasteiger partial charge in [-0.2, -0.15) is 0 Å². The number of pyridine rings is 2. The number of aromatic nitrogens is 2. The Labute approximate surface area is 178 Å². The quantitative estimate of drug-likeness (QED) is 0.374. The van der Waals surface area contributed by atoms with Crippen LogP contribution in [0.2, 0.25) is 0 Å². The number of benzene rings is 2. The van der Waals surface area contributed by atoms with Crippen LogP contribution in [-0.4, -0.2) is 4.98 Å². The molecule has 2 heteroatoms. The normalized spacial score (nSPS) is 13.8. The zero-order chi connectivity index (χ0) is 21.0. The SMILES string of the molecule is Cc1cc(-c2cc3c(cc2C)C(C)(C)c2ncccc2-3)[n+](C)cc1-c1ccccc1. The van der Waals surface area contributed by atoms with E-state index in [4.69, 9.17) is 4.98 Å². The van der Waals surface area contributed by atoms with E-state index in [1.165, 1.54) is 55.9 Å². The second-order valence-corrected chi connectivity index (χ2v) is 8.97. The first kappa shape index (κ1) is 18.7. The van der Waals surface area contributed by atoms with Crippen molar-refractivity contribution in [2.24, 2.45) is 7.05 Å². The predicted octanol–water partition coefficient (Wildman–Crippen LogP) is 6.16. The van der Waals surface area contributed by atoms with Crippen molar-refractivity contribution in [2.75, 3.05) is 0 Å². The molecule has 2 nitrogen and oxygen atoms in total. The molecule has 0 radical (unpaired) electrons. The van der Waals surface area contributed by atoms with Crippen molar-refractivity contribution in [3.8, 4) is 33.5 Å². The summed E-state index contributed by atoms with van der Waals surface area (Å²) in [5.41, 5.74) is 12.7. The fourth-order valence-electron chi connectivity index (χ4n) is 4.91. The van der Waals surface area contributed by atoms with Crippen LogP contribution in [-0.2, 0) is 12.5 Å². The Morgan fingerprint density at radius 2 is 1.50 bits per heavy atom. The van der Waals surface area contributed by atoms with E-state index in [-0.39, 0.29) is 5.41 Å². The second-order valence-electron chi connectivity index (χ2n) is 8.97. The van der Waals surface area contributed by atoms with E-state index in [0.717, 1.165) is 0 Å². The minimum Gasteiger partial charge on any atom is -0.260 e. The number of aryl methyl sites for hydroxylation is 3. The van der Waals surface area contributed by atoms with Crippen LogP contribution < -0.4 is 4.57 Å². The van der Waals surface area contributed by atoms with E-state index in [0.29, 0.717) is 0 Å². The van der Waals surface area contributed by atoms with Crippen molar-refractivity contribution in [1.82, 2.24) is 4.98 Å². The number of nitrogens with zero attached hydrogens (tertiary/aromatic N) is 2. The highest BCUT2D eigenvalue weighted by Crippen LogP contribution is 2.49. The molecule has 0 aliphatic heterocycles. The lowest BCUT2D eigenvalue weighted by atomic mass is 9.83. The molecule has 30 heavy (non-hydrogen) atoms. The molecule has 2 aromatic heterocycles. The van der Waals surface area contributed by atoms with Crippen LogP contribution in [0, 0.1) is 13.8 Å². The standard InChI is InChI=1S/C28H27N2/c1-18-14-25-23(21-12-9-13-29-27(21)28(25,3)4)16-22(18)26-15-19(2)24(17-30(26)5)20-10-7-6-8-11-20/h6-17H,1-5H3/q+1. The fourth-order valence-corrected chi connectivity index (χ4v) is 4.91. The van der Waals surface area contributed by atoms with E-state index in [1.54, 1.807) is 0 Å². The fraction of sp³-hybridized carbons (Fsp3) is 0.214. The molecule has 0 unspecified atom stereocenters. The maximum absolute atomic E-state index is 4.73. The molecule has 2 heterocycles. The van der Waals surface area contributed by atoms with Crippen molar-refractivity contribution >= 4 is 0 Å². The van der Waals surface area contributed by atoms with Gasteiger partial charge in [-0.05, 0) is 53.8 Å². The summed E-state index contributed by atoms with van der Waals surface area (Å²) in [7, 11) is 2.15. The third kappa shape index (κ3) is 2.71. The summed E-state index contributed by atoms with van der Waals surface area (Å²) in [5, 5.41) is 0. The molecule has 1 aliphatic rings. The van der Waals surface area contributed by atoms with E-state index in [1.807, 2.05) is 12.3 Å². The summed E-state index contributed by atoms with van der Waals surface area (Å²) in [6.45, 7) is 8.99. The van der Waals surface area contributed by atoms with Gasteiger partial charge in [0.25, 0.3) is 0 Å². The predicted molar refractivity (Wildman–Crippen MR) is 123 cm³/mol. The second kappa shape index (κ2) is 6.63. The van der Waals surface area contributed by atoms with Gasteiger partial charge in [0.2, 0.25) is 5.69 Å². The van der Waals surface area contributed by atoms with Crippen molar-refractivity contribution in [2.45, 2.75) is 33.1 Å². The summed E-state index contributed by atoms with van der Waals surface area (Å²) in [4.78, 5) is 4.73. The Hall–Kier alpha value is -3.26. The third-order valence-corrected chi connectivity index (χ3v) is 6.57. The summed E-state index contributed by atoms with van der Waals surface area (Å²) >= 11 is 0. The first-order valence-corrected chi connectivity index (χ1v) is 10.5. The Morgan fingerprint density at radius 3 is 2.27 bits per heavy atom. The van der Waals surface area contributed by atoms with E-state index in [9.17, 15) is 0 Å². The molecule has 0 fully saturated rings. The molecule has 0 saturated heterocycles. The summed E-state index contributed by atoms with van der Waals surface area (Å²) in [6.07, 6.45) is 4.16. The van der Waals surface area contributed by atoms with Crippen LogP contribution in [0.3, 0.4) is 0 Å². The van der Waals surface area contributed by atoms with Crippen molar-refractivity contribution in [3.05, 3.63) is 95.4 Å². The Morgan fingerprint density at radius 1 is 0.767 bits per heavy atom. The van der Waals surface area contributed by atoms with Gasteiger partial charge in [0, 0.05) is 34.4 Å². The van der Waals surface area contributed by atoms with Crippen LogP contribution in [0.25, 0.3) is 33.5 Å². The highest BCUT2D eigenvalue weighted by molar-refractivity contribution is 5.84. The molecule has 1 aliphatic carbocycles. The van der Waals surface area contributed by atoms with Gasteiger partial charge in [-0.15, -0.1) is 0 Å².